The van der Waals surface area contributed by atoms with Crippen LogP contribution in [0.15, 0.2) is 55.0 Å². The van der Waals surface area contributed by atoms with Gasteiger partial charge in [0.05, 0.1) is 19.0 Å². The summed E-state index contributed by atoms with van der Waals surface area (Å²) in [5, 5.41) is 6.89. The maximum absolute atomic E-state index is 13.2. The van der Waals surface area contributed by atoms with Gasteiger partial charge in [-0.3, -0.25) is 18.8 Å². The molecule has 3 fully saturated rings. The summed E-state index contributed by atoms with van der Waals surface area (Å²) in [5.41, 5.74) is 0.660. The van der Waals surface area contributed by atoms with Crippen molar-refractivity contribution < 1.29 is 24.2 Å². The third kappa shape index (κ3) is 3.02. The summed E-state index contributed by atoms with van der Waals surface area (Å²) in [6.45, 7) is 0.815. The van der Waals surface area contributed by atoms with Crippen molar-refractivity contribution in [1.29, 1.82) is 0 Å². The Morgan fingerprint density at radius 3 is 2.78 bits per heavy atom. The van der Waals surface area contributed by atoms with Gasteiger partial charge < -0.3 is 19.6 Å². The van der Waals surface area contributed by atoms with Gasteiger partial charge in [0.2, 0.25) is 11.7 Å². The van der Waals surface area contributed by atoms with E-state index in [-0.39, 0.29) is 30.4 Å². The van der Waals surface area contributed by atoms with Gasteiger partial charge in [-0.1, -0.05) is 30.3 Å². The van der Waals surface area contributed by atoms with Crippen LogP contribution in [0.4, 0.5) is 0 Å². The molecule has 0 saturated carbocycles. The summed E-state index contributed by atoms with van der Waals surface area (Å²) in [7, 11) is 0. The molecule has 2 amide bonds. The second kappa shape index (κ2) is 7.72. The summed E-state index contributed by atoms with van der Waals surface area (Å²) < 4.78 is 8.23. The molecule has 0 aliphatic carbocycles. The van der Waals surface area contributed by atoms with Crippen molar-refractivity contribution in [3.05, 3.63) is 66.2 Å². The molecule has 3 atom stereocenters. The van der Waals surface area contributed by atoms with Crippen molar-refractivity contribution >= 4 is 24.1 Å². The van der Waals surface area contributed by atoms with Crippen LogP contribution in [0.3, 0.4) is 0 Å². The number of fused-ring (bicyclic) bond motifs is 1. The highest BCUT2D eigenvalue weighted by molar-refractivity contribution is 5.94. The number of carboxylic acid groups (broad SMARTS) is 1. The van der Waals surface area contributed by atoms with Crippen molar-refractivity contribution in [3.63, 3.8) is 0 Å². The Bertz CT molecular complexity index is 1150. The van der Waals surface area contributed by atoms with Crippen molar-refractivity contribution in [3.8, 4) is 0 Å². The molecule has 10 heteroatoms. The van der Waals surface area contributed by atoms with Crippen LogP contribution >= 0.6 is 0 Å². The fourth-order valence-electron chi connectivity index (χ4n) is 4.99. The predicted octanol–water partition coefficient (Wildman–Crippen LogP) is 1.34. The van der Waals surface area contributed by atoms with Gasteiger partial charge in [0.15, 0.2) is 5.72 Å². The zero-order valence-electron chi connectivity index (χ0n) is 17.1. The number of ether oxygens (including phenoxy) is 1. The lowest BCUT2D eigenvalue weighted by molar-refractivity contribution is -0.138. The number of aromatic nitrogens is 3. The lowest BCUT2D eigenvalue weighted by Gasteiger charge is -2.31. The lowest BCUT2D eigenvalue weighted by atomic mass is 10.1. The molecule has 32 heavy (non-hydrogen) atoms. The Balaban J connectivity index is 0.000000684. The minimum Gasteiger partial charge on any atom is -0.483 e. The fourth-order valence-corrected chi connectivity index (χ4v) is 4.99. The van der Waals surface area contributed by atoms with Crippen molar-refractivity contribution in [2.24, 2.45) is 0 Å². The van der Waals surface area contributed by atoms with E-state index in [0.29, 0.717) is 37.4 Å². The second-order valence-electron chi connectivity index (χ2n) is 7.89. The molecule has 1 aromatic carbocycles. The molecule has 0 bridgehead atoms. The highest BCUT2D eigenvalue weighted by Gasteiger charge is 2.65. The van der Waals surface area contributed by atoms with Gasteiger partial charge in [0.25, 0.3) is 12.4 Å². The van der Waals surface area contributed by atoms with Crippen LogP contribution in [-0.4, -0.2) is 72.4 Å². The molecule has 3 aromatic rings. The van der Waals surface area contributed by atoms with E-state index in [1.165, 1.54) is 0 Å². The minimum absolute atomic E-state index is 0.0441. The van der Waals surface area contributed by atoms with Crippen LogP contribution in [0, 0.1) is 0 Å². The first kappa shape index (κ1) is 20.1. The molecular weight excluding hydrogens is 414 g/mol. The molecule has 6 rings (SSSR count). The molecule has 0 unspecified atom stereocenters. The Morgan fingerprint density at radius 1 is 1.25 bits per heavy atom. The van der Waals surface area contributed by atoms with Gasteiger partial charge in [-0.15, -0.1) is 0 Å². The lowest BCUT2D eigenvalue weighted by Crippen LogP contribution is -2.48. The predicted molar refractivity (Wildman–Crippen MR) is 110 cm³/mol. The van der Waals surface area contributed by atoms with E-state index in [0.717, 1.165) is 5.56 Å². The molecule has 1 N–H and O–H groups in total. The number of benzene rings is 1. The van der Waals surface area contributed by atoms with Crippen LogP contribution in [0.1, 0.15) is 35.0 Å². The van der Waals surface area contributed by atoms with Gasteiger partial charge in [-0.05, 0) is 11.6 Å². The SMILES string of the molecule is O=C(c1cn2cccnc2n1)N1CC[C@@]23O[C@@H](c4ccccc4)CN2C(=O)C[C@@H]13.O=CO. The van der Waals surface area contributed by atoms with E-state index >= 15 is 0 Å². The zero-order valence-corrected chi connectivity index (χ0v) is 17.1. The number of hydrogen-bond acceptors (Lipinski definition) is 6. The summed E-state index contributed by atoms with van der Waals surface area (Å²) >= 11 is 0. The summed E-state index contributed by atoms with van der Waals surface area (Å²) in [6, 6.07) is 11.4. The van der Waals surface area contributed by atoms with Crippen molar-refractivity contribution in [1.82, 2.24) is 24.2 Å². The molecular formula is C22H21N5O5. The Hall–Kier alpha value is -3.79. The van der Waals surface area contributed by atoms with Crippen LogP contribution in [0.5, 0.6) is 0 Å². The number of amides is 2. The van der Waals surface area contributed by atoms with E-state index in [9.17, 15) is 9.59 Å². The number of carbonyl (C=O) groups is 3. The fraction of sp³-hybridized carbons (Fsp3) is 0.318. The average molecular weight is 435 g/mol. The Kier molecular flexibility index (Phi) is 4.86. The van der Waals surface area contributed by atoms with Crippen LogP contribution < -0.4 is 0 Å². The summed E-state index contributed by atoms with van der Waals surface area (Å²) in [6.07, 6.45) is 5.88. The van der Waals surface area contributed by atoms with Gasteiger partial charge in [-0.25, -0.2) is 9.97 Å². The smallest absolute Gasteiger partial charge is 0.290 e. The number of hydrogen-bond donors (Lipinski definition) is 1. The highest BCUT2D eigenvalue weighted by Crippen LogP contribution is 2.50. The second-order valence-corrected chi connectivity index (χ2v) is 7.89. The first-order chi connectivity index (χ1) is 15.6. The topological polar surface area (TPSA) is 117 Å². The normalized spacial score (nSPS) is 25.9. The molecule has 2 aromatic heterocycles. The Labute approximate surface area is 183 Å². The zero-order chi connectivity index (χ0) is 22.3. The summed E-state index contributed by atoms with van der Waals surface area (Å²) in [4.78, 5) is 46.5. The quantitative estimate of drug-likeness (QED) is 0.604. The van der Waals surface area contributed by atoms with E-state index < -0.39 is 5.72 Å². The number of likely N-dealkylation sites (tertiary alicyclic amines) is 1. The third-order valence-corrected chi connectivity index (χ3v) is 6.32. The van der Waals surface area contributed by atoms with E-state index in [4.69, 9.17) is 14.6 Å². The maximum Gasteiger partial charge on any atom is 0.290 e. The van der Waals surface area contributed by atoms with Gasteiger partial charge in [0.1, 0.15) is 11.8 Å². The average Bonchev–Trinajstić information content (AvgIpc) is 3.54. The van der Waals surface area contributed by atoms with Crippen LogP contribution in [-0.2, 0) is 14.3 Å². The van der Waals surface area contributed by atoms with E-state index in [1.54, 1.807) is 27.8 Å². The summed E-state index contributed by atoms with van der Waals surface area (Å²) in [5.74, 6) is 0.344. The molecule has 164 valence electrons. The molecule has 3 saturated heterocycles. The van der Waals surface area contributed by atoms with Gasteiger partial charge in [-0.2, -0.15) is 0 Å². The molecule has 5 heterocycles. The first-order valence-corrected chi connectivity index (χ1v) is 10.3. The van der Waals surface area contributed by atoms with E-state index in [2.05, 4.69) is 9.97 Å². The first-order valence-electron chi connectivity index (χ1n) is 10.3. The minimum atomic E-state index is -0.731. The van der Waals surface area contributed by atoms with Crippen LogP contribution in [0.25, 0.3) is 5.78 Å². The monoisotopic (exact) mass is 435 g/mol. The molecule has 3 aliphatic heterocycles. The number of rotatable bonds is 2. The third-order valence-electron chi connectivity index (χ3n) is 6.32. The van der Waals surface area contributed by atoms with Crippen molar-refractivity contribution in [2.45, 2.75) is 30.7 Å². The number of imidazole rings is 1. The van der Waals surface area contributed by atoms with E-state index in [1.807, 2.05) is 41.4 Å². The Morgan fingerprint density at radius 2 is 2.03 bits per heavy atom. The van der Waals surface area contributed by atoms with Crippen molar-refractivity contribution in [2.75, 3.05) is 13.1 Å². The molecule has 0 radical (unpaired) electrons. The molecule has 1 spiro atoms. The van der Waals surface area contributed by atoms with Crippen LogP contribution in [0.2, 0.25) is 0 Å². The number of nitrogens with zero attached hydrogens (tertiary/aromatic N) is 5. The molecule has 3 aliphatic rings. The highest BCUT2D eigenvalue weighted by atomic mass is 16.5. The van der Waals surface area contributed by atoms with Gasteiger partial charge in [0, 0.05) is 31.6 Å². The van der Waals surface area contributed by atoms with Gasteiger partial charge >= 0.3 is 0 Å². The standard InChI is InChI=1S/C21H19N5O3.CH2O2/c27-18-11-17-21(26(18)13-16(29-21)14-5-2-1-3-6-14)7-10-25(17)19(28)15-12-24-9-4-8-22-20(24)23-15;2-1-3/h1-6,8-9,12,16-17H,7,10-11,13H2;1H,(H,2,3)/t16-,17-,21+;/m1./s1. The maximum atomic E-state index is 13.2. The largest absolute Gasteiger partial charge is 0.483 e. The molecule has 10 nitrogen and oxygen atoms in total. The number of carbonyl (C=O) groups excluding carboxylic acids is 2.